The third kappa shape index (κ3) is 7.39. The molecule has 3 amide bonds. The summed E-state index contributed by atoms with van der Waals surface area (Å²) in [4.78, 5) is 36.3. The third-order valence-corrected chi connectivity index (χ3v) is 4.86. The predicted molar refractivity (Wildman–Crippen MR) is 122 cm³/mol. The molecule has 0 aliphatic heterocycles. The average molecular weight is 487 g/mol. The zero-order valence-electron chi connectivity index (χ0n) is 18.3. The van der Waals surface area contributed by atoms with Crippen molar-refractivity contribution in [2.24, 2.45) is 0 Å². The monoisotopic (exact) mass is 487 g/mol. The Labute approximate surface area is 198 Å². The minimum Gasteiger partial charge on any atom is -0.355 e. The second kappa shape index (κ2) is 11.3. The van der Waals surface area contributed by atoms with E-state index in [9.17, 15) is 31.9 Å². The van der Waals surface area contributed by atoms with Crippen LogP contribution in [0.25, 0.3) is 0 Å². The number of nitrogens with one attached hydrogen (secondary N) is 3. The summed E-state index contributed by atoms with van der Waals surface area (Å²) in [6.45, 7) is -0.0599. The van der Waals surface area contributed by atoms with Crippen LogP contribution in [0.2, 0.25) is 0 Å². The van der Waals surface area contributed by atoms with Crippen LogP contribution < -0.4 is 16.0 Å². The number of benzene rings is 3. The molecule has 0 aromatic heterocycles. The molecule has 0 atom stereocenters. The fraction of sp³-hybridized carbons (Fsp3) is 0.160. The van der Waals surface area contributed by atoms with Crippen LogP contribution >= 0.6 is 0 Å². The molecule has 0 spiro atoms. The number of alkyl halides is 3. The Morgan fingerprint density at radius 1 is 0.800 bits per heavy atom. The van der Waals surface area contributed by atoms with Crippen molar-refractivity contribution in [2.75, 3.05) is 17.2 Å². The molecule has 0 aliphatic carbocycles. The molecule has 3 N–H and O–H groups in total. The molecule has 35 heavy (non-hydrogen) atoms. The van der Waals surface area contributed by atoms with Crippen LogP contribution in [-0.4, -0.2) is 24.3 Å². The van der Waals surface area contributed by atoms with Gasteiger partial charge in [0.05, 0.1) is 23.2 Å². The number of anilines is 2. The van der Waals surface area contributed by atoms with E-state index in [-0.39, 0.29) is 36.5 Å². The first-order valence-corrected chi connectivity index (χ1v) is 10.5. The highest BCUT2D eigenvalue weighted by Gasteiger charge is 2.34. The van der Waals surface area contributed by atoms with E-state index in [4.69, 9.17) is 0 Å². The largest absolute Gasteiger partial charge is 0.418 e. The summed E-state index contributed by atoms with van der Waals surface area (Å²) < 4.78 is 54.5. The normalized spacial score (nSPS) is 11.0. The number of carbonyl (C=O) groups excluding carboxylic acids is 3. The molecule has 0 heterocycles. The molecule has 0 saturated heterocycles. The van der Waals surface area contributed by atoms with Crippen LogP contribution in [0.1, 0.15) is 27.9 Å². The van der Waals surface area contributed by atoms with Gasteiger partial charge in [-0.2, -0.15) is 13.2 Å². The van der Waals surface area contributed by atoms with E-state index < -0.39 is 35.1 Å². The standard InChI is InChI=1S/C25H21F4N3O3/c26-20-9-5-4-8-18(20)24(35)31-17-10-11-21(19(15-17)25(27,28)29)32-22(33)12-13-30-23(34)14-16-6-2-1-3-7-16/h1-11,15H,12-14H2,(H,30,34)(H,31,35)(H,32,33). The van der Waals surface area contributed by atoms with E-state index in [1.807, 2.05) is 6.07 Å². The summed E-state index contributed by atoms with van der Waals surface area (Å²) in [5, 5.41) is 6.94. The summed E-state index contributed by atoms with van der Waals surface area (Å²) in [5.74, 6) is -2.80. The number of hydrogen-bond donors (Lipinski definition) is 3. The lowest BCUT2D eigenvalue weighted by Crippen LogP contribution is -2.29. The maximum Gasteiger partial charge on any atom is 0.418 e. The molecule has 10 heteroatoms. The third-order valence-electron chi connectivity index (χ3n) is 4.86. The van der Waals surface area contributed by atoms with E-state index in [1.165, 1.54) is 18.2 Å². The lowest BCUT2D eigenvalue weighted by atomic mass is 10.1. The quantitative estimate of drug-likeness (QED) is 0.400. The van der Waals surface area contributed by atoms with Crippen LogP contribution in [0.5, 0.6) is 0 Å². The maximum atomic E-state index is 13.8. The van der Waals surface area contributed by atoms with Crippen molar-refractivity contribution in [3.63, 3.8) is 0 Å². The number of carbonyl (C=O) groups is 3. The molecule has 3 aromatic carbocycles. The van der Waals surface area contributed by atoms with Crippen LogP contribution in [0.4, 0.5) is 28.9 Å². The van der Waals surface area contributed by atoms with Gasteiger partial charge in [-0.1, -0.05) is 42.5 Å². The van der Waals surface area contributed by atoms with E-state index >= 15 is 0 Å². The Hall–Kier alpha value is -4.21. The number of halogens is 4. The maximum absolute atomic E-state index is 13.8. The number of amides is 3. The Morgan fingerprint density at radius 3 is 2.17 bits per heavy atom. The SMILES string of the molecule is O=C(Cc1ccccc1)NCCC(=O)Nc1ccc(NC(=O)c2ccccc2F)cc1C(F)(F)F. The van der Waals surface area contributed by atoms with Gasteiger partial charge < -0.3 is 16.0 Å². The van der Waals surface area contributed by atoms with Crippen LogP contribution in [0.3, 0.4) is 0 Å². The highest BCUT2D eigenvalue weighted by atomic mass is 19.4. The van der Waals surface area contributed by atoms with Gasteiger partial charge in [0.2, 0.25) is 11.8 Å². The van der Waals surface area contributed by atoms with Gasteiger partial charge >= 0.3 is 6.18 Å². The molecule has 0 fully saturated rings. The van der Waals surface area contributed by atoms with Gasteiger partial charge in [0.1, 0.15) is 5.82 Å². The second-order valence-electron chi connectivity index (χ2n) is 7.50. The van der Waals surface area contributed by atoms with E-state index in [1.54, 1.807) is 24.3 Å². The lowest BCUT2D eigenvalue weighted by molar-refractivity contribution is -0.137. The zero-order valence-corrected chi connectivity index (χ0v) is 18.3. The molecule has 182 valence electrons. The van der Waals surface area contributed by atoms with Crippen molar-refractivity contribution in [2.45, 2.75) is 19.0 Å². The van der Waals surface area contributed by atoms with Crippen molar-refractivity contribution in [1.29, 1.82) is 0 Å². The first-order chi connectivity index (χ1) is 16.6. The van der Waals surface area contributed by atoms with Crippen LogP contribution in [-0.2, 0) is 22.2 Å². The molecule has 0 bridgehead atoms. The predicted octanol–water partition coefficient (Wildman–Crippen LogP) is 4.78. The molecule has 0 aliphatic rings. The Bertz CT molecular complexity index is 1210. The first kappa shape index (κ1) is 25.4. The van der Waals surface area contributed by atoms with Gasteiger partial charge in [-0.25, -0.2) is 4.39 Å². The van der Waals surface area contributed by atoms with E-state index in [0.29, 0.717) is 6.07 Å². The lowest BCUT2D eigenvalue weighted by Gasteiger charge is -2.16. The molecule has 3 rings (SSSR count). The van der Waals surface area contributed by atoms with Gasteiger partial charge in [0.25, 0.3) is 5.91 Å². The van der Waals surface area contributed by atoms with E-state index in [0.717, 1.165) is 23.8 Å². The van der Waals surface area contributed by atoms with Gasteiger partial charge in [-0.3, -0.25) is 14.4 Å². The minimum atomic E-state index is -4.84. The average Bonchev–Trinajstić information content (AvgIpc) is 2.80. The first-order valence-electron chi connectivity index (χ1n) is 10.5. The summed E-state index contributed by atoms with van der Waals surface area (Å²) in [7, 11) is 0. The highest BCUT2D eigenvalue weighted by Crippen LogP contribution is 2.36. The topological polar surface area (TPSA) is 87.3 Å². The summed E-state index contributed by atoms with van der Waals surface area (Å²) in [6, 6.07) is 16.8. The summed E-state index contributed by atoms with van der Waals surface area (Å²) >= 11 is 0. The molecular formula is C25H21F4N3O3. The smallest absolute Gasteiger partial charge is 0.355 e. The number of rotatable bonds is 8. The van der Waals surface area contributed by atoms with Gasteiger partial charge in [0, 0.05) is 18.7 Å². The fourth-order valence-electron chi connectivity index (χ4n) is 3.18. The Morgan fingerprint density at radius 2 is 1.49 bits per heavy atom. The molecule has 3 aromatic rings. The van der Waals surface area contributed by atoms with Crippen molar-refractivity contribution in [1.82, 2.24) is 5.32 Å². The second-order valence-corrected chi connectivity index (χ2v) is 7.50. The number of hydrogen-bond acceptors (Lipinski definition) is 3. The van der Waals surface area contributed by atoms with Crippen LogP contribution in [0.15, 0.2) is 72.8 Å². The highest BCUT2D eigenvalue weighted by molar-refractivity contribution is 6.04. The molecule has 0 saturated carbocycles. The Balaban J connectivity index is 1.61. The zero-order chi connectivity index (χ0) is 25.4. The van der Waals surface area contributed by atoms with Gasteiger partial charge in [-0.15, -0.1) is 0 Å². The van der Waals surface area contributed by atoms with Crippen LogP contribution in [0, 0.1) is 5.82 Å². The Kier molecular flexibility index (Phi) is 8.19. The van der Waals surface area contributed by atoms with Crippen molar-refractivity contribution in [3.05, 3.63) is 95.3 Å². The molecule has 0 unspecified atom stereocenters. The van der Waals surface area contributed by atoms with E-state index in [2.05, 4.69) is 16.0 Å². The van der Waals surface area contributed by atoms with Crippen molar-refractivity contribution in [3.8, 4) is 0 Å². The van der Waals surface area contributed by atoms with Gasteiger partial charge in [-0.05, 0) is 35.9 Å². The van der Waals surface area contributed by atoms with Gasteiger partial charge in [0.15, 0.2) is 0 Å². The fourth-order valence-corrected chi connectivity index (χ4v) is 3.18. The molecular weight excluding hydrogens is 466 g/mol. The minimum absolute atomic E-state index is 0.0599. The summed E-state index contributed by atoms with van der Waals surface area (Å²) in [5.41, 5.74) is -1.47. The molecule has 6 nitrogen and oxygen atoms in total. The van der Waals surface area contributed by atoms with Crippen molar-refractivity contribution < 1.29 is 31.9 Å². The summed E-state index contributed by atoms with van der Waals surface area (Å²) in [6.07, 6.45) is -4.98. The molecule has 0 radical (unpaired) electrons. The van der Waals surface area contributed by atoms with Crippen molar-refractivity contribution >= 4 is 29.1 Å².